The second-order valence-electron chi connectivity index (χ2n) is 5.34. The smallest absolute Gasteiger partial charge is 0.325 e. The molecule has 1 fully saturated rings. The Kier molecular flexibility index (Phi) is 4.85. The Morgan fingerprint density at radius 1 is 1.29 bits per heavy atom. The molecule has 1 unspecified atom stereocenters. The van der Waals surface area contributed by atoms with Gasteiger partial charge in [0.2, 0.25) is 5.91 Å². The average Bonchev–Trinajstić information content (AvgIpc) is 3.17. The number of nitrogens with one attached hydrogen (secondary N) is 2. The first-order valence-electron chi connectivity index (χ1n) is 7.48. The van der Waals surface area contributed by atoms with Crippen LogP contribution in [-0.4, -0.2) is 33.8 Å². The summed E-state index contributed by atoms with van der Waals surface area (Å²) in [4.78, 5) is 41.3. The summed E-state index contributed by atoms with van der Waals surface area (Å²) in [5, 5.41) is 7.57. The molecule has 0 aliphatic carbocycles. The van der Waals surface area contributed by atoms with Gasteiger partial charge >= 0.3 is 6.03 Å². The molecule has 1 aliphatic heterocycles. The molecule has 1 atom stereocenters. The van der Waals surface area contributed by atoms with Crippen LogP contribution < -0.4 is 10.6 Å². The predicted octanol–water partition coefficient (Wildman–Crippen LogP) is 1.98. The van der Waals surface area contributed by atoms with Crippen molar-refractivity contribution >= 4 is 34.3 Å². The normalized spacial score (nSPS) is 17.0. The lowest BCUT2D eigenvalue weighted by molar-refractivity contribution is -0.128. The minimum atomic E-state index is -0.664. The van der Waals surface area contributed by atoms with Crippen LogP contribution in [0.2, 0.25) is 0 Å². The quantitative estimate of drug-likeness (QED) is 0.784. The van der Waals surface area contributed by atoms with Crippen LogP contribution in [0.15, 0.2) is 41.9 Å². The van der Waals surface area contributed by atoms with Crippen LogP contribution in [0, 0.1) is 0 Å². The van der Waals surface area contributed by atoms with Crippen LogP contribution in [0.25, 0.3) is 0 Å². The summed E-state index contributed by atoms with van der Waals surface area (Å²) < 4.78 is 0. The van der Waals surface area contributed by atoms with E-state index < -0.39 is 12.1 Å². The molecule has 2 N–H and O–H groups in total. The first-order chi connectivity index (χ1) is 11.6. The summed E-state index contributed by atoms with van der Waals surface area (Å²) in [6.45, 7) is 0.229. The van der Waals surface area contributed by atoms with Crippen molar-refractivity contribution in [2.45, 2.75) is 25.4 Å². The highest BCUT2D eigenvalue weighted by Gasteiger charge is 2.37. The lowest BCUT2D eigenvalue weighted by atomic mass is 10.1. The predicted molar refractivity (Wildman–Crippen MR) is 89.3 cm³/mol. The van der Waals surface area contributed by atoms with Crippen molar-refractivity contribution in [3.05, 3.63) is 47.5 Å². The minimum Gasteiger partial charge on any atom is -0.326 e. The topological polar surface area (TPSA) is 91.4 Å². The second kappa shape index (κ2) is 7.22. The van der Waals surface area contributed by atoms with E-state index in [4.69, 9.17) is 0 Å². The molecule has 0 saturated carbocycles. The van der Waals surface area contributed by atoms with Crippen LogP contribution in [0.1, 0.15) is 18.4 Å². The lowest BCUT2D eigenvalue weighted by Crippen LogP contribution is -2.31. The summed E-state index contributed by atoms with van der Waals surface area (Å²) >= 11 is 1.32. The number of rotatable bonds is 6. The Labute approximate surface area is 142 Å². The van der Waals surface area contributed by atoms with Crippen LogP contribution in [0.4, 0.5) is 9.93 Å². The number of anilines is 1. The number of amides is 4. The summed E-state index contributed by atoms with van der Waals surface area (Å²) in [5.74, 6) is -0.528. The number of thiazole rings is 1. The van der Waals surface area contributed by atoms with E-state index in [-0.39, 0.29) is 31.2 Å². The van der Waals surface area contributed by atoms with Gasteiger partial charge in [0.1, 0.15) is 6.04 Å². The molecule has 2 aromatic rings. The number of imide groups is 1. The van der Waals surface area contributed by atoms with Gasteiger partial charge in [-0.25, -0.2) is 9.78 Å². The van der Waals surface area contributed by atoms with Gasteiger partial charge in [-0.15, -0.1) is 11.3 Å². The molecule has 1 saturated heterocycles. The maximum Gasteiger partial charge on any atom is 0.325 e. The molecule has 24 heavy (non-hydrogen) atoms. The fraction of sp³-hybridized carbons (Fsp3) is 0.250. The van der Waals surface area contributed by atoms with Crippen molar-refractivity contribution in [1.29, 1.82) is 0 Å². The van der Waals surface area contributed by atoms with Gasteiger partial charge in [-0.05, 0) is 12.0 Å². The van der Waals surface area contributed by atoms with Gasteiger partial charge in [0.15, 0.2) is 5.13 Å². The number of hydrogen-bond acceptors (Lipinski definition) is 5. The molecule has 0 bridgehead atoms. The number of aromatic nitrogens is 1. The zero-order valence-electron chi connectivity index (χ0n) is 12.8. The zero-order valence-corrected chi connectivity index (χ0v) is 13.6. The SMILES string of the molecule is O=C(CCC1NC(=O)N(Cc2ccccc2)C1=O)Nc1nccs1. The third-order valence-corrected chi connectivity index (χ3v) is 4.32. The largest absolute Gasteiger partial charge is 0.326 e. The van der Waals surface area contributed by atoms with Crippen molar-refractivity contribution in [2.75, 3.05) is 5.32 Å². The highest BCUT2D eigenvalue weighted by atomic mass is 32.1. The van der Waals surface area contributed by atoms with E-state index in [0.29, 0.717) is 5.13 Å². The molecule has 2 heterocycles. The van der Waals surface area contributed by atoms with Crippen molar-refractivity contribution in [1.82, 2.24) is 15.2 Å². The first kappa shape index (κ1) is 16.1. The van der Waals surface area contributed by atoms with Gasteiger partial charge in [0.05, 0.1) is 6.54 Å². The summed E-state index contributed by atoms with van der Waals surface area (Å²) in [7, 11) is 0. The molecule has 0 spiro atoms. The van der Waals surface area contributed by atoms with E-state index >= 15 is 0 Å². The number of urea groups is 1. The maximum absolute atomic E-state index is 12.4. The van der Waals surface area contributed by atoms with E-state index in [2.05, 4.69) is 15.6 Å². The van der Waals surface area contributed by atoms with Crippen molar-refractivity contribution < 1.29 is 14.4 Å². The Bertz CT molecular complexity index is 733. The van der Waals surface area contributed by atoms with Crippen LogP contribution in [-0.2, 0) is 16.1 Å². The Morgan fingerprint density at radius 2 is 2.08 bits per heavy atom. The van der Waals surface area contributed by atoms with Gasteiger partial charge in [-0.3, -0.25) is 14.5 Å². The molecule has 0 radical (unpaired) electrons. The highest BCUT2D eigenvalue weighted by molar-refractivity contribution is 7.13. The molecule has 1 aromatic heterocycles. The Hall–Kier alpha value is -2.74. The molecule has 1 aliphatic rings. The van der Waals surface area contributed by atoms with Gasteiger partial charge in [0, 0.05) is 18.0 Å². The Morgan fingerprint density at radius 3 is 2.79 bits per heavy atom. The maximum atomic E-state index is 12.4. The monoisotopic (exact) mass is 344 g/mol. The minimum absolute atomic E-state index is 0.134. The third-order valence-electron chi connectivity index (χ3n) is 3.63. The van der Waals surface area contributed by atoms with E-state index in [9.17, 15) is 14.4 Å². The van der Waals surface area contributed by atoms with Crippen LogP contribution in [0.5, 0.6) is 0 Å². The molecular weight excluding hydrogens is 328 g/mol. The van der Waals surface area contributed by atoms with Crippen LogP contribution in [0.3, 0.4) is 0 Å². The van der Waals surface area contributed by atoms with E-state index in [1.54, 1.807) is 11.6 Å². The summed E-state index contributed by atoms with van der Waals surface area (Å²) in [6, 6.07) is 8.21. The number of carbonyl (C=O) groups is 3. The van der Waals surface area contributed by atoms with Gasteiger partial charge in [-0.1, -0.05) is 30.3 Å². The molecule has 4 amide bonds. The average molecular weight is 344 g/mol. The van der Waals surface area contributed by atoms with Gasteiger partial charge in [-0.2, -0.15) is 0 Å². The van der Waals surface area contributed by atoms with Crippen molar-refractivity contribution in [3.63, 3.8) is 0 Å². The molecule has 7 nitrogen and oxygen atoms in total. The first-order valence-corrected chi connectivity index (χ1v) is 8.36. The fourth-order valence-corrected chi connectivity index (χ4v) is 2.98. The van der Waals surface area contributed by atoms with E-state index in [1.807, 2.05) is 30.3 Å². The molecule has 1 aromatic carbocycles. The van der Waals surface area contributed by atoms with E-state index in [1.165, 1.54) is 16.2 Å². The number of nitrogens with zero attached hydrogens (tertiary/aromatic N) is 2. The molecule has 8 heteroatoms. The lowest BCUT2D eigenvalue weighted by Gasteiger charge is -2.13. The van der Waals surface area contributed by atoms with Gasteiger partial charge in [0.25, 0.3) is 5.91 Å². The highest BCUT2D eigenvalue weighted by Crippen LogP contribution is 2.16. The molecular formula is C16H16N4O3S. The second-order valence-corrected chi connectivity index (χ2v) is 6.23. The van der Waals surface area contributed by atoms with Gasteiger partial charge < -0.3 is 10.6 Å². The fourth-order valence-electron chi connectivity index (χ4n) is 2.43. The van der Waals surface area contributed by atoms with E-state index in [0.717, 1.165) is 5.56 Å². The molecule has 124 valence electrons. The molecule has 3 rings (SSSR count). The standard InChI is InChI=1S/C16H16N4O3S/c21-13(19-15-17-8-9-24-15)7-6-12-14(22)20(16(23)18-12)10-11-4-2-1-3-5-11/h1-5,8-9,12H,6-7,10H2,(H,18,23)(H,17,19,21). The third kappa shape index (κ3) is 3.77. The Balaban J connectivity index is 1.53. The number of benzene rings is 1. The number of carbonyl (C=O) groups excluding carboxylic acids is 3. The van der Waals surface area contributed by atoms with Crippen molar-refractivity contribution in [2.24, 2.45) is 0 Å². The zero-order chi connectivity index (χ0) is 16.9. The van der Waals surface area contributed by atoms with Crippen molar-refractivity contribution in [3.8, 4) is 0 Å². The number of hydrogen-bond donors (Lipinski definition) is 2. The summed E-state index contributed by atoms with van der Waals surface area (Å²) in [5.41, 5.74) is 0.878. The summed E-state index contributed by atoms with van der Waals surface area (Å²) in [6.07, 6.45) is 1.99. The van der Waals surface area contributed by atoms with Crippen LogP contribution >= 0.6 is 11.3 Å².